The molecule has 20 heavy (non-hydrogen) atoms. The van der Waals surface area contributed by atoms with Crippen LogP contribution in [0.25, 0.3) is 0 Å². The van der Waals surface area contributed by atoms with Crippen molar-refractivity contribution >= 4 is 23.2 Å². The summed E-state index contributed by atoms with van der Waals surface area (Å²) in [5.74, 6) is -0.279. The Morgan fingerprint density at radius 2 is 2.15 bits per heavy atom. The summed E-state index contributed by atoms with van der Waals surface area (Å²) in [6, 6.07) is 1.61. The van der Waals surface area contributed by atoms with Gasteiger partial charge in [-0.25, -0.2) is 0 Å². The number of rotatable bonds is 5. The van der Waals surface area contributed by atoms with Crippen LogP contribution >= 0.6 is 11.3 Å². The second-order valence-corrected chi connectivity index (χ2v) is 5.82. The van der Waals surface area contributed by atoms with E-state index < -0.39 is 6.10 Å². The summed E-state index contributed by atoms with van der Waals surface area (Å²) in [6.07, 6.45) is 3.43. The SMILES string of the molecule is O=C(CCNC(=O)c1ccsc1)N[C@@H]1CCCC[C@H]1O. The highest BCUT2D eigenvalue weighted by Gasteiger charge is 2.24. The Kier molecular flexibility index (Phi) is 5.55. The molecule has 3 N–H and O–H groups in total. The van der Waals surface area contributed by atoms with Crippen molar-refractivity contribution in [2.75, 3.05) is 6.54 Å². The Hall–Kier alpha value is -1.40. The molecule has 2 amide bonds. The fourth-order valence-corrected chi connectivity index (χ4v) is 2.98. The fourth-order valence-electron chi connectivity index (χ4n) is 2.34. The van der Waals surface area contributed by atoms with Crippen LogP contribution in [0.1, 0.15) is 42.5 Å². The minimum absolute atomic E-state index is 0.124. The molecule has 0 aromatic carbocycles. The molecule has 0 saturated heterocycles. The van der Waals surface area contributed by atoms with Gasteiger partial charge in [-0.2, -0.15) is 11.3 Å². The lowest BCUT2D eigenvalue weighted by molar-refractivity contribution is -0.122. The molecule has 1 aromatic heterocycles. The lowest BCUT2D eigenvalue weighted by Gasteiger charge is -2.28. The number of hydrogen-bond acceptors (Lipinski definition) is 4. The van der Waals surface area contributed by atoms with Crippen LogP contribution in [-0.4, -0.2) is 35.6 Å². The highest BCUT2D eigenvalue weighted by molar-refractivity contribution is 7.08. The molecule has 2 rings (SSSR count). The van der Waals surface area contributed by atoms with E-state index in [2.05, 4.69) is 10.6 Å². The van der Waals surface area contributed by atoms with E-state index in [0.717, 1.165) is 25.7 Å². The Bertz CT molecular complexity index is 447. The van der Waals surface area contributed by atoms with Crippen LogP contribution in [0.5, 0.6) is 0 Å². The van der Waals surface area contributed by atoms with Crippen molar-refractivity contribution in [2.45, 2.75) is 44.2 Å². The zero-order chi connectivity index (χ0) is 14.4. The molecule has 0 unspecified atom stereocenters. The van der Waals surface area contributed by atoms with Gasteiger partial charge < -0.3 is 15.7 Å². The number of aliphatic hydroxyl groups excluding tert-OH is 1. The standard InChI is InChI=1S/C14H20N2O3S/c17-12-4-2-1-3-11(12)16-13(18)5-7-15-14(19)10-6-8-20-9-10/h6,8-9,11-12,17H,1-5,7H2,(H,15,19)(H,16,18)/t11-,12-/m1/s1. The number of aliphatic hydroxyl groups is 1. The van der Waals surface area contributed by atoms with Crippen molar-refractivity contribution in [3.8, 4) is 0 Å². The van der Waals surface area contributed by atoms with Gasteiger partial charge in [0.1, 0.15) is 0 Å². The lowest BCUT2D eigenvalue weighted by Crippen LogP contribution is -2.45. The Labute approximate surface area is 122 Å². The Morgan fingerprint density at radius 1 is 1.35 bits per heavy atom. The highest BCUT2D eigenvalue weighted by Crippen LogP contribution is 2.18. The second-order valence-electron chi connectivity index (χ2n) is 5.04. The quantitative estimate of drug-likeness (QED) is 0.766. The van der Waals surface area contributed by atoms with Gasteiger partial charge in [0.05, 0.1) is 12.1 Å². The summed E-state index contributed by atoms with van der Waals surface area (Å²) in [4.78, 5) is 23.4. The van der Waals surface area contributed by atoms with Gasteiger partial charge in [0.2, 0.25) is 5.91 Å². The monoisotopic (exact) mass is 296 g/mol. The first-order chi connectivity index (χ1) is 9.66. The van der Waals surface area contributed by atoms with Crippen LogP contribution in [0.4, 0.5) is 0 Å². The predicted molar refractivity (Wildman–Crippen MR) is 77.7 cm³/mol. The van der Waals surface area contributed by atoms with Crippen molar-refractivity contribution < 1.29 is 14.7 Å². The summed E-state index contributed by atoms with van der Waals surface area (Å²) < 4.78 is 0. The molecule has 2 atom stereocenters. The molecule has 5 nitrogen and oxygen atoms in total. The van der Waals surface area contributed by atoms with Crippen molar-refractivity contribution in [1.82, 2.24) is 10.6 Å². The number of thiophene rings is 1. The van der Waals surface area contributed by atoms with Gasteiger partial charge in [-0.05, 0) is 24.3 Å². The van der Waals surface area contributed by atoms with E-state index in [0.29, 0.717) is 12.1 Å². The maximum absolute atomic E-state index is 11.8. The molecule has 1 aliphatic rings. The minimum Gasteiger partial charge on any atom is -0.391 e. The van der Waals surface area contributed by atoms with E-state index in [4.69, 9.17) is 0 Å². The molecular weight excluding hydrogens is 276 g/mol. The van der Waals surface area contributed by atoms with E-state index in [1.54, 1.807) is 11.4 Å². The molecule has 1 aromatic rings. The fraction of sp³-hybridized carbons (Fsp3) is 0.571. The number of nitrogens with one attached hydrogen (secondary N) is 2. The third-order valence-corrected chi connectivity index (χ3v) is 4.18. The van der Waals surface area contributed by atoms with Gasteiger partial charge in [0.25, 0.3) is 5.91 Å². The van der Waals surface area contributed by atoms with E-state index in [1.807, 2.05) is 5.38 Å². The normalized spacial score (nSPS) is 22.2. The van der Waals surface area contributed by atoms with Gasteiger partial charge in [0, 0.05) is 23.9 Å². The average molecular weight is 296 g/mol. The third kappa shape index (κ3) is 4.31. The second kappa shape index (κ2) is 7.40. The molecule has 0 aliphatic heterocycles. The number of hydrogen-bond donors (Lipinski definition) is 3. The van der Waals surface area contributed by atoms with Crippen LogP contribution in [0.2, 0.25) is 0 Å². The van der Waals surface area contributed by atoms with E-state index in [1.165, 1.54) is 11.3 Å². The van der Waals surface area contributed by atoms with Gasteiger partial charge in [-0.15, -0.1) is 0 Å². The number of carbonyl (C=O) groups excluding carboxylic acids is 2. The lowest BCUT2D eigenvalue weighted by atomic mass is 9.92. The molecule has 1 saturated carbocycles. The summed E-state index contributed by atoms with van der Waals surface area (Å²) in [5.41, 5.74) is 0.623. The molecule has 6 heteroatoms. The van der Waals surface area contributed by atoms with Crippen LogP contribution in [0.15, 0.2) is 16.8 Å². The van der Waals surface area contributed by atoms with Crippen LogP contribution in [-0.2, 0) is 4.79 Å². The summed E-state index contributed by atoms with van der Waals surface area (Å²) in [6.45, 7) is 0.309. The summed E-state index contributed by atoms with van der Waals surface area (Å²) >= 11 is 1.46. The first-order valence-corrected chi connectivity index (χ1v) is 7.89. The molecule has 110 valence electrons. The largest absolute Gasteiger partial charge is 0.391 e. The highest BCUT2D eigenvalue weighted by atomic mass is 32.1. The zero-order valence-electron chi connectivity index (χ0n) is 11.3. The smallest absolute Gasteiger partial charge is 0.252 e. The molecule has 1 aliphatic carbocycles. The molecule has 1 fully saturated rings. The topological polar surface area (TPSA) is 78.4 Å². The molecular formula is C14H20N2O3S. The Balaban J connectivity index is 1.66. The van der Waals surface area contributed by atoms with Gasteiger partial charge in [-0.3, -0.25) is 9.59 Å². The van der Waals surface area contributed by atoms with Gasteiger partial charge >= 0.3 is 0 Å². The van der Waals surface area contributed by atoms with Crippen LogP contribution in [0, 0.1) is 0 Å². The molecule has 0 spiro atoms. The van der Waals surface area contributed by atoms with Crippen molar-refractivity contribution in [3.63, 3.8) is 0 Å². The van der Waals surface area contributed by atoms with E-state index in [-0.39, 0.29) is 24.3 Å². The maximum atomic E-state index is 11.8. The van der Waals surface area contributed by atoms with Crippen LogP contribution in [0.3, 0.4) is 0 Å². The third-order valence-electron chi connectivity index (χ3n) is 3.50. The van der Waals surface area contributed by atoms with Gasteiger partial charge in [0.15, 0.2) is 0 Å². The summed E-state index contributed by atoms with van der Waals surface area (Å²) in [7, 11) is 0. The first-order valence-electron chi connectivity index (χ1n) is 6.94. The number of carbonyl (C=O) groups is 2. The van der Waals surface area contributed by atoms with Crippen LogP contribution < -0.4 is 10.6 Å². The van der Waals surface area contributed by atoms with Gasteiger partial charge in [-0.1, -0.05) is 12.8 Å². The van der Waals surface area contributed by atoms with E-state index in [9.17, 15) is 14.7 Å². The maximum Gasteiger partial charge on any atom is 0.252 e. The van der Waals surface area contributed by atoms with Crippen molar-refractivity contribution in [3.05, 3.63) is 22.4 Å². The minimum atomic E-state index is -0.437. The molecule has 0 bridgehead atoms. The Morgan fingerprint density at radius 3 is 2.85 bits per heavy atom. The van der Waals surface area contributed by atoms with Crippen molar-refractivity contribution in [2.24, 2.45) is 0 Å². The first kappa shape index (κ1) is 15.0. The van der Waals surface area contributed by atoms with E-state index >= 15 is 0 Å². The summed E-state index contributed by atoms with van der Waals surface area (Å²) in [5, 5.41) is 18.9. The zero-order valence-corrected chi connectivity index (χ0v) is 12.1. The average Bonchev–Trinajstić information content (AvgIpc) is 2.95. The molecule has 0 radical (unpaired) electrons. The van der Waals surface area contributed by atoms with Crippen molar-refractivity contribution in [1.29, 1.82) is 0 Å². The predicted octanol–water partition coefficient (Wildman–Crippen LogP) is 1.29. The number of amides is 2. The molecule has 1 heterocycles.